The number of methoxy groups -OCH3 is 1. The minimum atomic E-state index is -0.321. The number of ether oxygens (including phenoxy) is 1. The third kappa shape index (κ3) is 1.35. The molecule has 0 aromatic carbocycles. The van der Waals surface area contributed by atoms with Gasteiger partial charge in [-0.15, -0.1) is 0 Å². The lowest BCUT2D eigenvalue weighted by Gasteiger charge is -2.40. The first kappa shape index (κ1) is 11.0. The van der Waals surface area contributed by atoms with Crippen LogP contribution in [0.15, 0.2) is 0 Å². The van der Waals surface area contributed by atoms with Crippen LogP contribution in [-0.4, -0.2) is 42.6 Å². The number of carbonyl (C=O) groups is 1. The molecule has 3 aliphatic rings. The fourth-order valence-corrected chi connectivity index (χ4v) is 4.02. The van der Waals surface area contributed by atoms with Crippen molar-refractivity contribution in [2.45, 2.75) is 31.2 Å². The molecule has 2 amide bonds. The van der Waals surface area contributed by atoms with Gasteiger partial charge in [-0.2, -0.15) is 0 Å². The zero-order valence-electron chi connectivity index (χ0n) is 10.2. The molecule has 3 unspecified atom stereocenters. The minimum absolute atomic E-state index is 0.111. The van der Waals surface area contributed by atoms with Crippen molar-refractivity contribution in [3.63, 3.8) is 0 Å². The van der Waals surface area contributed by atoms with Crippen molar-refractivity contribution < 1.29 is 9.53 Å². The van der Waals surface area contributed by atoms with Gasteiger partial charge in [0.1, 0.15) is 11.4 Å². The molecule has 2 saturated carbocycles. The molecule has 1 saturated heterocycles. The monoisotopic (exact) mass is 237 g/mol. The summed E-state index contributed by atoms with van der Waals surface area (Å²) < 4.78 is 5.08. The van der Waals surface area contributed by atoms with E-state index >= 15 is 0 Å². The summed E-state index contributed by atoms with van der Waals surface area (Å²) in [4.78, 5) is 13.8. The summed E-state index contributed by atoms with van der Waals surface area (Å²) in [7, 11) is 1.65. The molecule has 2 bridgehead atoms. The van der Waals surface area contributed by atoms with Crippen molar-refractivity contribution in [2.75, 3.05) is 20.3 Å². The van der Waals surface area contributed by atoms with Crippen LogP contribution in [0.5, 0.6) is 0 Å². The topological polar surface area (TPSA) is 65.4 Å². The van der Waals surface area contributed by atoms with Crippen LogP contribution in [-0.2, 0) is 4.74 Å². The van der Waals surface area contributed by atoms with E-state index in [0.29, 0.717) is 30.8 Å². The van der Waals surface area contributed by atoms with Crippen LogP contribution in [0, 0.1) is 17.2 Å². The van der Waals surface area contributed by atoms with Gasteiger partial charge in [-0.3, -0.25) is 10.7 Å². The molecule has 1 heterocycles. The van der Waals surface area contributed by atoms with Crippen LogP contribution in [0.25, 0.3) is 0 Å². The van der Waals surface area contributed by atoms with Crippen molar-refractivity contribution >= 4 is 11.9 Å². The number of amidine groups is 1. The lowest BCUT2D eigenvalue weighted by atomic mass is 9.79. The van der Waals surface area contributed by atoms with Gasteiger partial charge in [0.15, 0.2) is 0 Å². The predicted molar refractivity (Wildman–Crippen MR) is 63.0 cm³/mol. The number of nitrogens with one attached hydrogen (secondary N) is 2. The van der Waals surface area contributed by atoms with E-state index in [4.69, 9.17) is 10.1 Å². The largest absolute Gasteiger partial charge is 0.383 e. The number of hydrogen-bond donors (Lipinski definition) is 2. The fourth-order valence-electron chi connectivity index (χ4n) is 4.02. The molecule has 0 radical (unpaired) electrons. The molecule has 3 fully saturated rings. The van der Waals surface area contributed by atoms with E-state index in [-0.39, 0.29) is 11.6 Å². The highest BCUT2D eigenvalue weighted by Crippen LogP contribution is 2.54. The molecule has 5 nitrogen and oxygen atoms in total. The maximum Gasteiger partial charge on any atom is 0.323 e. The first-order chi connectivity index (χ1) is 8.18. The third-order valence-corrected chi connectivity index (χ3v) is 4.73. The Balaban J connectivity index is 1.89. The maximum absolute atomic E-state index is 11.9. The standard InChI is InChI=1S/C12H19N3O2/c1-17-5-4-15-11(16)14-10(13)12(15)7-8-2-3-9(12)6-8/h8-9H,2-7H2,1H3,(H2,13,14,16). The number of rotatable bonds is 3. The van der Waals surface area contributed by atoms with Gasteiger partial charge < -0.3 is 9.64 Å². The Morgan fingerprint density at radius 1 is 1.59 bits per heavy atom. The van der Waals surface area contributed by atoms with Crippen LogP contribution in [0.3, 0.4) is 0 Å². The van der Waals surface area contributed by atoms with Gasteiger partial charge in [0.05, 0.1) is 6.61 Å². The molecule has 0 aromatic rings. The van der Waals surface area contributed by atoms with Gasteiger partial charge in [0.25, 0.3) is 0 Å². The minimum Gasteiger partial charge on any atom is -0.383 e. The Bertz CT molecular complexity index is 371. The summed E-state index contributed by atoms with van der Waals surface area (Å²) >= 11 is 0. The van der Waals surface area contributed by atoms with Crippen molar-refractivity contribution in [1.82, 2.24) is 10.2 Å². The van der Waals surface area contributed by atoms with Crippen LogP contribution in [0.1, 0.15) is 25.7 Å². The molecule has 2 N–H and O–H groups in total. The average molecular weight is 237 g/mol. The van der Waals surface area contributed by atoms with Crippen molar-refractivity contribution in [2.24, 2.45) is 11.8 Å². The summed E-state index contributed by atoms with van der Waals surface area (Å²) in [5.74, 6) is 1.61. The number of nitrogens with zero attached hydrogens (tertiary/aromatic N) is 1. The quantitative estimate of drug-likeness (QED) is 0.774. The smallest absolute Gasteiger partial charge is 0.323 e. The van der Waals surface area contributed by atoms with Gasteiger partial charge in [0.2, 0.25) is 0 Å². The summed E-state index contributed by atoms with van der Waals surface area (Å²) in [6.45, 7) is 1.13. The number of fused-ring (bicyclic) bond motifs is 3. The Kier molecular flexibility index (Phi) is 2.40. The zero-order valence-corrected chi connectivity index (χ0v) is 10.2. The van der Waals surface area contributed by atoms with E-state index < -0.39 is 0 Å². The lowest BCUT2D eigenvalue weighted by molar-refractivity contribution is 0.0984. The summed E-state index contributed by atoms with van der Waals surface area (Å²) in [6.07, 6.45) is 4.58. The number of carbonyl (C=O) groups excluding carboxylic acids is 1. The molecule has 0 aromatic heterocycles. The predicted octanol–water partition coefficient (Wildman–Crippen LogP) is 1.19. The van der Waals surface area contributed by atoms with Gasteiger partial charge in [-0.25, -0.2) is 4.79 Å². The van der Waals surface area contributed by atoms with E-state index in [9.17, 15) is 4.79 Å². The van der Waals surface area contributed by atoms with E-state index in [0.717, 1.165) is 12.8 Å². The molecule has 1 aliphatic heterocycles. The van der Waals surface area contributed by atoms with Crippen LogP contribution in [0.2, 0.25) is 0 Å². The van der Waals surface area contributed by atoms with E-state index in [1.54, 1.807) is 7.11 Å². The van der Waals surface area contributed by atoms with Gasteiger partial charge >= 0.3 is 6.03 Å². The highest BCUT2D eigenvalue weighted by molar-refractivity contribution is 6.09. The Morgan fingerprint density at radius 3 is 3.00 bits per heavy atom. The van der Waals surface area contributed by atoms with E-state index in [1.807, 2.05) is 4.90 Å². The summed E-state index contributed by atoms with van der Waals surface area (Å²) in [5.41, 5.74) is -0.321. The Labute approximate surface area is 101 Å². The van der Waals surface area contributed by atoms with Crippen LogP contribution >= 0.6 is 0 Å². The molecular weight excluding hydrogens is 218 g/mol. The van der Waals surface area contributed by atoms with Crippen molar-refractivity contribution in [1.29, 1.82) is 5.41 Å². The van der Waals surface area contributed by atoms with Crippen molar-refractivity contribution in [3.8, 4) is 0 Å². The van der Waals surface area contributed by atoms with Crippen LogP contribution in [0.4, 0.5) is 4.79 Å². The Morgan fingerprint density at radius 2 is 2.41 bits per heavy atom. The molecule has 2 aliphatic carbocycles. The molecule has 1 spiro atoms. The average Bonchev–Trinajstić information content (AvgIpc) is 2.94. The molecule has 17 heavy (non-hydrogen) atoms. The van der Waals surface area contributed by atoms with Gasteiger partial charge in [0, 0.05) is 13.7 Å². The lowest BCUT2D eigenvalue weighted by Crippen LogP contribution is -2.54. The molecule has 94 valence electrons. The molecular formula is C12H19N3O2. The van der Waals surface area contributed by atoms with E-state index in [1.165, 1.54) is 12.8 Å². The zero-order chi connectivity index (χ0) is 12.0. The molecule has 3 atom stereocenters. The van der Waals surface area contributed by atoms with Crippen LogP contribution < -0.4 is 5.32 Å². The highest BCUT2D eigenvalue weighted by Gasteiger charge is 2.61. The van der Waals surface area contributed by atoms with Crippen molar-refractivity contribution in [3.05, 3.63) is 0 Å². The van der Waals surface area contributed by atoms with Gasteiger partial charge in [-0.05, 0) is 37.5 Å². The SMILES string of the molecule is COCCN1C(=O)NC(=N)C12CC1CCC2C1. The second-order valence-electron chi connectivity index (χ2n) is 5.45. The summed E-state index contributed by atoms with van der Waals surface area (Å²) in [5, 5.41) is 10.8. The second kappa shape index (κ2) is 3.70. The fraction of sp³-hybridized carbons (Fsp3) is 0.833. The van der Waals surface area contributed by atoms with E-state index in [2.05, 4.69) is 5.32 Å². The highest BCUT2D eigenvalue weighted by atomic mass is 16.5. The first-order valence-electron chi connectivity index (χ1n) is 6.35. The Hall–Kier alpha value is -1.10. The molecule has 5 heteroatoms. The first-order valence-corrected chi connectivity index (χ1v) is 6.35. The number of urea groups is 1. The maximum atomic E-state index is 11.9. The third-order valence-electron chi connectivity index (χ3n) is 4.73. The van der Waals surface area contributed by atoms with Gasteiger partial charge in [-0.1, -0.05) is 0 Å². The summed E-state index contributed by atoms with van der Waals surface area (Å²) in [6, 6.07) is -0.111. The normalized spacial score (nSPS) is 39.5. The number of hydrogen-bond acceptors (Lipinski definition) is 3. The molecule has 3 rings (SSSR count). The number of amides is 2. The second-order valence-corrected chi connectivity index (χ2v) is 5.45.